The van der Waals surface area contributed by atoms with Gasteiger partial charge in [-0.3, -0.25) is 4.79 Å². The number of hydrogen-bond donors (Lipinski definition) is 0. The molecule has 5 rings (SSSR count). The van der Waals surface area contributed by atoms with Crippen LogP contribution in [0.2, 0.25) is 0 Å². The van der Waals surface area contributed by atoms with E-state index >= 15 is 0 Å². The van der Waals surface area contributed by atoms with E-state index in [2.05, 4.69) is 17.1 Å². The first kappa shape index (κ1) is 18.2. The van der Waals surface area contributed by atoms with Gasteiger partial charge in [0.15, 0.2) is 11.2 Å². The van der Waals surface area contributed by atoms with Gasteiger partial charge in [-0.1, -0.05) is 67.1 Å². The van der Waals surface area contributed by atoms with Crippen LogP contribution in [0.1, 0.15) is 23.7 Å². The van der Waals surface area contributed by atoms with Crippen LogP contribution in [-0.4, -0.2) is 24.4 Å². The lowest BCUT2D eigenvalue weighted by atomic mass is 10.0. The second-order valence-electron chi connectivity index (χ2n) is 7.44. The van der Waals surface area contributed by atoms with Gasteiger partial charge in [-0.2, -0.15) is 5.10 Å². The molecule has 0 amide bonds. The van der Waals surface area contributed by atoms with Crippen LogP contribution in [-0.2, 0) is 13.0 Å². The van der Waals surface area contributed by atoms with Gasteiger partial charge in [-0.15, -0.1) is 10.2 Å². The minimum atomic E-state index is -0.169. The Morgan fingerprint density at radius 1 is 0.933 bits per heavy atom. The van der Waals surface area contributed by atoms with Gasteiger partial charge < -0.3 is 4.57 Å². The lowest BCUT2D eigenvalue weighted by Gasteiger charge is -2.08. The minimum Gasteiger partial charge on any atom is -0.309 e. The van der Waals surface area contributed by atoms with Crippen LogP contribution in [0.3, 0.4) is 0 Å². The summed E-state index contributed by atoms with van der Waals surface area (Å²) in [5.41, 5.74) is 6.70. The maximum atomic E-state index is 13.1. The molecule has 5 aromatic rings. The molecule has 30 heavy (non-hydrogen) atoms. The van der Waals surface area contributed by atoms with Crippen LogP contribution in [0.4, 0.5) is 0 Å². The largest absolute Gasteiger partial charge is 0.309 e. The average molecular weight is 395 g/mol. The highest BCUT2D eigenvalue weighted by Gasteiger charge is 2.18. The molecule has 148 valence electrons. The number of benzene rings is 2. The molecule has 3 aromatic heterocycles. The number of fused-ring (bicyclic) bond motifs is 3. The molecule has 2 aromatic carbocycles. The zero-order chi connectivity index (χ0) is 20.7. The molecule has 6 nitrogen and oxygen atoms in total. The number of aromatic nitrogens is 5. The molecule has 0 aliphatic carbocycles. The van der Waals surface area contributed by atoms with E-state index in [1.54, 1.807) is 15.3 Å². The van der Waals surface area contributed by atoms with Crippen LogP contribution >= 0.6 is 0 Å². The second kappa shape index (κ2) is 7.22. The van der Waals surface area contributed by atoms with Crippen molar-refractivity contribution in [3.63, 3.8) is 0 Å². The number of rotatable bonds is 4. The fourth-order valence-corrected chi connectivity index (χ4v) is 3.79. The van der Waals surface area contributed by atoms with Gasteiger partial charge in [0.2, 0.25) is 0 Å². The molecule has 3 heterocycles. The van der Waals surface area contributed by atoms with Gasteiger partial charge in [0.05, 0.1) is 17.8 Å². The van der Waals surface area contributed by atoms with Crippen LogP contribution in [0.25, 0.3) is 27.8 Å². The molecule has 0 saturated heterocycles. The summed E-state index contributed by atoms with van der Waals surface area (Å²) in [6, 6.07) is 20.1. The van der Waals surface area contributed by atoms with Crippen molar-refractivity contribution in [1.82, 2.24) is 24.4 Å². The standard InChI is InChI=1S/C24H21N5O/c1-3-19-21(18-7-5-4-6-8-18)23-26-25-22-20(29(23)27-19)13-14-28(24(22)30)15-17-11-9-16(2)10-12-17/h4-14H,3,15H2,1-2H3. The monoisotopic (exact) mass is 395 g/mol. The smallest absolute Gasteiger partial charge is 0.280 e. The summed E-state index contributed by atoms with van der Waals surface area (Å²) in [4.78, 5) is 13.1. The Labute approximate surface area is 173 Å². The summed E-state index contributed by atoms with van der Waals surface area (Å²) >= 11 is 0. The molecule has 0 unspecified atom stereocenters. The third-order valence-corrected chi connectivity index (χ3v) is 5.40. The van der Waals surface area contributed by atoms with Crippen LogP contribution in [0.5, 0.6) is 0 Å². The van der Waals surface area contributed by atoms with Crippen molar-refractivity contribution in [2.24, 2.45) is 0 Å². The lowest BCUT2D eigenvalue weighted by Crippen LogP contribution is -2.22. The highest BCUT2D eigenvalue weighted by atomic mass is 16.1. The Morgan fingerprint density at radius 3 is 2.43 bits per heavy atom. The Morgan fingerprint density at radius 2 is 1.70 bits per heavy atom. The van der Waals surface area contributed by atoms with Crippen molar-refractivity contribution in [3.8, 4) is 11.1 Å². The summed E-state index contributed by atoms with van der Waals surface area (Å²) in [5.74, 6) is 0. The van der Waals surface area contributed by atoms with E-state index in [9.17, 15) is 4.79 Å². The first-order chi connectivity index (χ1) is 14.7. The van der Waals surface area contributed by atoms with Crippen molar-refractivity contribution < 1.29 is 0 Å². The van der Waals surface area contributed by atoms with E-state index < -0.39 is 0 Å². The molecule has 0 aliphatic rings. The topological polar surface area (TPSA) is 65.1 Å². The van der Waals surface area contributed by atoms with Gasteiger partial charge in [-0.25, -0.2) is 4.52 Å². The molecule has 0 saturated carbocycles. The van der Waals surface area contributed by atoms with E-state index in [0.717, 1.165) is 28.8 Å². The predicted molar refractivity (Wildman–Crippen MR) is 118 cm³/mol. The van der Waals surface area contributed by atoms with E-state index in [1.165, 1.54) is 5.56 Å². The SMILES string of the molecule is CCc1nn2c(nnc3c(=O)n(Cc4ccc(C)cc4)ccc32)c1-c1ccccc1. The number of hydrogen-bond acceptors (Lipinski definition) is 4. The highest BCUT2D eigenvalue weighted by Crippen LogP contribution is 2.28. The van der Waals surface area contributed by atoms with Gasteiger partial charge in [0.25, 0.3) is 5.56 Å². The van der Waals surface area contributed by atoms with Gasteiger partial charge >= 0.3 is 0 Å². The third kappa shape index (κ3) is 2.97. The number of pyridine rings is 1. The summed E-state index contributed by atoms with van der Waals surface area (Å²) in [7, 11) is 0. The molecule has 6 heteroatoms. The van der Waals surface area contributed by atoms with Crippen LogP contribution < -0.4 is 5.56 Å². The highest BCUT2D eigenvalue weighted by molar-refractivity contribution is 5.84. The first-order valence-electron chi connectivity index (χ1n) is 10.0. The molecule has 0 spiro atoms. The fourth-order valence-electron chi connectivity index (χ4n) is 3.79. The molecule has 0 aliphatic heterocycles. The van der Waals surface area contributed by atoms with Gasteiger partial charge in [0, 0.05) is 6.20 Å². The summed E-state index contributed by atoms with van der Waals surface area (Å²) < 4.78 is 3.41. The summed E-state index contributed by atoms with van der Waals surface area (Å²) in [6.07, 6.45) is 2.57. The van der Waals surface area contributed by atoms with Crippen molar-refractivity contribution in [3.05, 3.63) is 94.0 Å². The van der Waals surface area contributed by atoms with Gasteiger partial charge in [0.1, 0.15) is 5.52 Å². The van der Waals surface area contributed by atoms with E-state index in [0.29, 0.717) is 23.2 Å². The van der Waals surface area contributed by atoms with Crippen molar-refractivity contribution in [2.45, 2.75) is 26.8 Å². The molecule has 0 bridgehead atoms. The molecular weight excluding hydrogens is 374 g/mol. The van der Waals surface area contributed by atoms with E-state index in [1.807, 2.05) is 67.6 Å². The fraction of sp³-hybridized carbons (Fsp3) is 0.167. The lowest BCUT2D eigenvalue weighted by molar-refractivity contribution is 0.759. The Kier molecular flexibility index (Phi) is 4.39. The van der Waals surface area contributed by atoms with E-state index in [-0.39, 0.29) is 5.56 Å². The predicted octanol–water partition coefficient (Wildman–Crippen LogP) is 4.03. The Bertz CT molecular complexity index is 1420. The molecule has 0 radical (unpaired) electrons. The summed E-state index contributed by atoms with van der Waals surface area (Å²) in [5, 5.41) is 13.5. The van der Waals surface area contributed by atoms with Crippen LogP contribution in [0.15, 0.2) is 71.7 Å². The zero-order valence-electron chi connectivity index (χ0n) is 16.9. The van der Waals surface area contributed by atoms with Crippen molar-refractivity contribution in [1.29, 1.82) is 0 Å². The van der Waals surface area contributed by atoms with Gasteiger partial charge in [-0.05, 0) is 30.5 Å². The maximum Gasteiger partial charge on any atom is 0.280 e. The Balaban J connectivity index is 1.68. The number of nitrogens with zero attached hydrogens (tertiary/aromatic N) is 5. The minimum absolute atomic E-state index is 0.169. The van der Waals surface area contributed by atoms with E-state index in [4.69, 9.17) is 5.10 Å². The normalized spacial score (nSPS) is 11.4. The first-order valence-corrected chi connectivity index (χ1v) is 10.0. The molecule has 0 fully saturated rings. The molecular formula is C24H21N5O. The molecule has 0 atom stereocenters. The maximum absolute atomic E-state index is 13.1. The quantitative estimate of drug-likeness (QED) is 0.461. The van der Waals surface area contributed by atoms with Crippen LogP contribution in [0, 0.1) is 6.92 Å². The second-order valence-corrected chi connectivity index (χ2v) is 7.44. The zero-order valence-corrected chi connectivity index (χ0v) is 16.9. The summed E-state index contributed by atoms with van der Waals surface area (Å²) in [6.45, 7) is 4.60. The third-order valence-electron chi connectivity index (χ3n) is 5.40. The van der Waals surface area contributed by atoms with Crippen molar-refractivity contribution in [2.75, 3.05) is 0 Å². The molecule has 0 N–H and O–H groups in total. The Hall–Kier alpha value is -3.80. The van der Waals surface area contributed by atoms with Crippen molar-refractivity contribution >= 4 is 16.7 Å². The number of aryl methyl sites for hydroxylation is 2. The average Bonchev–Trinajstić information content (AvgIpc) is 3.17.